The molecule has 0 aliphatic carbocycles. The van der Waals surface area contributed by atoms with Gasteiger partial charge in [0.25, 0.3) is 0 Å². The molecule has 0 aromatic heterocycles. The predicted molar refractivity (Wildman–Crippen MR) is 83.6 cm³/mol. The van der Waals surface area contributed by atoms with Crippen LogP contribution < -0.4 is 4.74 Å². The van der Waals surface area contributed by atoms with Gasteiger partial charge in [0.1, 0.15) is 17.1 Å². The van der Waals surface area contributed by atoms with Crippen LogP contribution >= 0.6 is 0 Å². The van der Waals surface area contributed by atoms with Crippen LogP contribution in [0, 0.1) is 19.7 Å². The summed E-state index contributed by atoms with van der Waals surface area (Å²) in [5, 5.41) is 0. The van der Waals surface area contributed by atoms with E-state index >= 15 is 0 Å². The van der Waals surface area contributed by atoms with Gasteiger partial charge in [0.15, 0.2) is 5.78 Å². The molecule has 0 atom stereocenters. The molecular formula is C18H21FO2. The zero-order chi connectivity index (χ0) is 16.0. The molecule has 2 nitrogen and oxygen atoms in total. The number of rotatable bonds is 3. The highest BCUT2D eigenvalue weighted by molar-refractivity contribution is 6.11. The number of halogens is 1. The Morgan fingerprint density at radius 1 is 1.10 bits per heavy atom. The van der Waals surface area contributed by atoms with E-state index in [0.29, 0.717) is 5.56 Å². The lowest BCUT2D eigenvalue weighted by Gasteiger charge is -2.10. The van der Waals surface area contributed by atoms with E-state index in [1.165, 1.54) is 19.2 Å². The van der Waals surface area contributed by atoms with Crippen molar-refractivity contribution in [3.05, 3.63) is 64.5 Å². The number of carbonyl (C=O) groups is 1. The summed E-state index contributed by atoms with van der Waals surface area (Å²) < 4.78 is 19.0. The number of hydrogen-bond donors (Lipinski definition) is 0. The van der Waals surface area contributed by atoms with Crippen LogP contribution in [0.4, 0.5) is 4.39 Å². The molecular weight excluding hydrogens is 267 g/mol. The zero-order valence-electron chi connectivity index (χ0n) is 13.2. The van der Waals surface area contributed by atoms with Crippen LogP contribution in [0.1, 0.15) is 40.9 Å². The number of ether oxygens (including phenoxy) is 1. The molecule has 3 heteroatoms. The van der Waals surface area contributed by atoms with Gasteiger partial charge in [-0.2, -0.15) is 0 Å². The van der Waals surface area contributed by atoms with Gasteiger partial charge in [-0.15, -0.1) is 0 Å². The van der Waals surface area contributed by atoms with E-state index in [9.17, 15) is 9.18 Å². The molecule has 0 saturated heterocycles. The molecule has 0 amide bonds. The molecule has 0 bridgehead atoms. The molecule has 2 aromatic carbocycles. The second-order valence-electron chi connectivity index (χ2n) is 4.46. The number of hydrogen-bond acceptors (Lipinski definition) is 2. The summed E-state index contributed by atoms with van der Waals surface area (Å²) in [6, 6.07) is 9.92. The van der Waals surface area contributed by atoms with Gasteiger partial charge in [-0.25, -0.2) is 4.39 Å². The van der Waals surface area contributed by atoms with Gasteiger partial charge in [-0.3, -0.25) is 4.79 Å². The van der Waals surface area contributed by atoms with Gasteiger partial charge >= 0.3 is 0 Å². The number of carbonyl (C=O) groups excluding carboxylic acids is 1. The Bertz CT molecular complexity index is 633. The summed E-state index contributed by atoms with van der Waals surface area (Å²) in [6.45, 7) is 7.73. The van der Waals surface area contributed by atoms with E-state index < -0.39 is 5.82 Å². The minimum absolute atomic E-state index is 0.0151. The third-order valence-corrected chi connectivity index (χ3v) is 3.06. The third-order valence-electron chi connectivity index (χ3n) is 3.06. The molecule has 21 heavy (non-hydrogen) atoms. The highest BCUT2D eigenvalue weighted by Crippen LogP contribution is 2.25. The Hall–Kier alpha value is -2.16. The van der Waals surface area contributed by atoms with Crippen LogP contribution in [0.25, 0.3) is 0 Å². The second-order valence-corrected chi connectivity index (χ2v) is 4.46. The Kier molecular flexibility index (Phi) is 6.10. The van der Waals surface area contributed by atoms with Crippen molar-refractivity contribution in [2.45, 2.75) is 27.7 Å². The zero-order valence-corrected chi connectivity index (χ0v) is 13.2. The largest absolute Gasteiger partial charge is 0.496 e. The van der Waals surface area contributed by atoms with Crippen molar-refractivity contribution in [3.8, 4) is 5.75 Å². The standard InChI is InChI=1S/C16H15FO2.C2H6/c1-10-7-8-11(2)12(9-10)16(18)15-13(17)5-4-6-14(15)19-3;1-2/h4-9H,1-3H3;1-2H3. The molecule has 0 saturated carbocycles. The van der Waals surface area contributed by atoms with Crippen LogP contribution in [0.2, 0.25) is 0 Å². The summed E-state index contributed by atoms with van der Waals surface area (Å²) in [5.74, 6) is -0.660. The summed E-state index contributed by atoms with van der Waals surface area (Å²) >= 11 is 0. The van der Waals surface area contributed by atoms with E-state index in [-0.39, 0.29) is 17.1 Å². The molecule has 0 heterocycles. The smallest absolute Gasteiger partial charge is 0.200 e. The van der Waals surface area contributed by atoms with Crippen molar-refractivity contribution in [2.24, 2.45) is 0 Å². The molecule has 0 N–H and O–H groups in total. The van der Waals surface area contributed by atoms with Crippen molar-refractivity contribution in [2.75, 3.05) is 7.11 Å². The van der Waals surface area contributed by atoms with Crippen LogP contribution in [-0.2, 0) is 0 Å². The normalized spacial score (nSPS) is 9.62. The van der Waals surface area contributed by atoms with Gasteiger partial charge in [0.2, 0.25) is 0 Å². The first kappa shape index (κ1) is 16.9. The van der Waals surface area contributed by atoms with Crippen LogP contribution in [0.3, 0.4) is 0 Å². The summed E-state index contributed by atoms with van der Waals surface area (Å²) in [4.78, 5) is 12.5. The molecule has 0 aliphatic rings. The highest BCUT2D eigenvalue weighted by Gasteiger charge is 2.20. The van der Waals surface area contributed by atoms with E-state index in [2.05, 4.69) is 0 Å². The second kappa shape index (κ2) is 7.58. The van der Waals surface area contributed by atoms with Crippen LogP contribution in [0.15, 0.2) is 36.4 Å². The Morgan fingerprint density at radius 3 is 2.38 bits per heavy atom. The molecule has 2 aromatic rings. The first-order valence-corrected chi connectivity index (χ1v) is 6.99. The summed E-state index contributed by atoms with van der Waals surface area (Å²) in [5.41, 5.74) is 2.27. The number of methoxy groups -OCH3 is 1. The van der Waals surface area contributed by atoms with Gasteiger partial charge in [-0.1, -0.05) is 37.6 Å². The molecule has 0 fully saturated rings. The van der Waals surface area contributed by atoms with Crippen molar-refractivity contribution in [3.63, 3.8) is 0 Å². The predicted octanol–water partition coefficient (Wildman–Crippen LogP) is 4.71. The molecule has 0 unspecified atom stereocenters. The Balaban J connectivity index is 0.00000106. The lowest BCUT2D eigenvalue weighted by atomic mass is 9.96. The fourth-order valence-electron chi connectivity index (χ4n) is 2.01. The van der Waals surface area contributed by atoms with Gasteiger partial charge < -0.3 is 4.74 Å². The van der Waals surface area contributed by atoms with Gasteiger partial charge in [0, 0.05) is 5.56 Å². The maximum absolute atomic E-state index is 13.9. The summed E-state index contributed by atoms with van der Waals surface area (Å²) in [7, 11) is 1.43. The van der Waals surface area contributed by atoms with E-state index in [4.69, 9.17) is 4.74 Å². The molecule has 0 radical (unpaired) electrons. The SMILES string of the molecule is CC.COc1cccc(F)c1C(=O)c1cc(C)ccc1C. The minimum Gasteiger partial charge on any atom is -0.496 e. The average Bonchev–Trinajstić information content (AvgIpc) is 2.50. The third kappa shape index (κ3) is 3.69. The monoisotopic (exact) mass is 288 g/mol. The van der Waals surface area contributed by atoms with Crippen molar-refractivity contribution >= 4 is 5.78 Å². The lowest BCUT2D eigenvalue weighted by molar-refractivity contribution is 0.103. The number of benzene rings is 2. The van der Waals surface area contributed by atoms with E-state index in [0.717, 1.165) is 11.1 Å². The molecule has 0 spiro atoms. The van der Waals surface area contributed by atoms with Crippen LogP contribution in [-0.4, -0.2) is 12.9 Å². The number of ketones is 1. The molecule has 0 aliphatic heterocycles. The Morgan fingerprint density at radius 2 is 1.76 bits per heavy atom. The lowest BCUT2D eigenvalue weighted by Crippen LogP contribution is -2.08. The number of aryl methyl sites for hydroxylation is 2. The molecule has 2 rings (SSSR count). The highest BCUT2D eigenvalue weighted by atomic mass is 19.1. The molecule has 112 valence electrons. The maximum Gasteiger partial charge on any atom is 0.200 e. The average molecular weight is 288 g/mol. The van der Waals surface area contributed by atoms with Crippen molar-refractivity contribution < 1.29 is 13.9 Å². The minimum atomic E-state index is -0.565. The van der Waals surface area contributed by atoms with Crippen LogP contribution in [0.5, 0.6) is 5.75 Å². The fraction of sp³-hybridized carbons (Fsp3) is 0.278. The van der Waals surface area contributed by atoms with Crippen molar-refractivity contribution in [1.29, 1.82) is 0 Å². The maximum atomic E-state index is 13.9. The van der Waals surface area contributed by atoms with Gasteiger partial charge in [-0.05, 0) is 37.6 Å². The Labute approximate surface area is 125 Å². The first-order chi connectivity index (χ1) is 10.0. The fourth-order valence-corrected chi connectivity index (χ4v) is 2.01. The summed E-state index contributed by atoms with van der Waals surface area (Å²) in [6.07, 6.45) is 0. The van der Waals surface area contributed by atoms with Gasteiger partial charge in [0.05, 0.1) is 7.11 Å². The topological polar surface area (TPSA) is 26.3 Å². The first-order valence-electron chi connectivity index (χ1n) is 6.99. The van der Waals surface area contributed by atoms with E-state index in [1.807, 2.05) is 39.8 Å². The van der Waals surface area contributed by atoms with E-state index in [1.54, 1.807) is 12.1 Å². The quantitative estimate of drug-likeness (QED) is 0.765. The van der Waals surface area contributed by atoms with Crippen molar-refractivity contribution in [1.82, 2.24) is 0 Å².